The van der Waals surface area contributed by atoms with Crippen LogP contribution in [0.5, 0.6) is 0 Å². The number of imide groups is 1. The van der Waals surface area contributed by atoms with Crippen LogP contribution in [-0.4, -0.2) is 24.9 Å². The van der Waals surface area contributed by atoms with Crippen molar-refractivity contribution in [2.24, 2.45) is 11.8 Å². The second-order valence-electron chi connectivity index (χ2n) is 8.30. The van der Waals surface area contributed by atoms with E-state index >= 15 is 0 Å². The minimum Gasteiger partial charge on any atom is -0.467 e. The van der Waals surface area contributed by atoms with Crippen molar-refractivity contribution in [1.82, 2.24) is 5.32 Å². The minimum absolute atomic E-state index is 0.154. The van der Waals surface area contributed by atoms with Crippen molar-refractivity contribution < 1.29 is 27.9 Å². The molecule has 8 heteroatoms. The molecule has 1 N–H and O–H groups in total. The average molecular weight is 462 g/mol. The van der Waals surface area contributed by atoms with Crippen molar-refractivity contribution in [3.63, 3.8) is 0 Å². The second-order valence-corrected chi connectivity index (χ2v) is 8.30. The summed E-state index contributed by atoms with van der Waals surface area (Å²) in [6, 6.07) is 18.3. The summed E-state index contributed by atoms with van der Waals surface area (Å²) in [4.78, 5) is 41.8. The maximum Gasteiger partial charge on any atom is 0.331 e. The highest BCUT2D eigenvalue weighted by molar-refractivity contribution is 6.24. The van der Waals surface area contributed by atoms with E-state index in [1.807, 2.05) is 0 Å². The van der Waals surface area contributed by atoms with Crippen LogP contribution in [0.1, 0.15) is 17.2 Å². The van der Waals surface area contributed by atoms with Crippen LogP contribution in [0.2, 0.25) is 0 Å². The van der Waals surface area contributed by atoms with Crippen LogP contribution in [-0.2, 0) is 24.7 Å². The van der Waals surface area contributed by atoms with Gasteiger partial charge in [-0.25, -0.2) is 18.5 Å². The standard InChI is InChI=1S/C26H20F2N2O4/c1-34-25(33)26(15-7-3-2-4-8-15)21-20(22(29-26)18-9-5-6-10-19(18)28)23(31)30(24(21)32)17-13-11-16(27)12-14-17/h2-14,20-22,29H,1H3. The number of fused-ring (bicyclic) bond motifs is 1. The van der Waals surface area contributed by atoms with E-state index in [-0.39, 0.29) is 11.3 Å². The first kappa shape index (κ1) is 21.9. The van der Waals surface area contributed by atoms with E-state index in [2.05, 4.69) is 5.32 Å². The van der Waals surface area contributed by atoms with E-state index in [1.54, 1.807) is 36.4 Å². The number of carbonyl (C=O) groups is 3. The summed E-state index contributed by atoms with van der Waals surface area (Å²) in [5.41, 5.74) is -1.00. The molecule has 4 unspecified atom stereocenters. The summed E-state index contributed by atoms with van der Waals surface area (Å²) in [7, 11) is 1.19. The molecule has 3 aromatic rings. The van der Waals surface area contributed by atoms with Crippen molar-refractivity contribution in [3.8, 4) is 0 Å². The smallest absolute Gasteiger partial charge is 0.331 e. The highest BCUT2D eigenvalue weighted by Crippen LogP contribution is 2.54. The Kier molecular flexibility index (Phi) is 5.25. The summed E-state index contributed by atoms with van der Waals surface area (Å²) in [6.07, 6.45) is 0. The molecule has 6 nitrogen and oxygen atoms in total. The van der Waals surface area contributed by atoms with E-state index in [0.29, 0.717) is 5.56 Å². The average Bonchev–Trinajstić information content (AvgIpc) is 3.34. The van der Waals surface area contributed by atoms with Gasteiger partial charge in [-0.15, -0.1) is 0 Å². The maximum atomic E-state index is 14.9. The van der Waals surface area contributed by atoms with Gasteiger partial charge in [0, 0.05) is 11.6 Å². The number of amides is 2. The lowest BCUT2D eigenvalue weighted by Gasteiger charge is -2.33. The van der Waals surface area contributed by atoms with Crippen molar-refractivity contribution in [2.75, 3.05) is 12.0 Å². The monoisotopic (exact) mass is 462 g/mol. The van der Waals surface area contributed by atoms with Crippen LogP contribution < -0.4 is 10.2 Å². The fourth-order valence-electron chi connectivity index (χ4n) is 5.18. The fraction of sp³-hybridized carbons (Fsp3) is 0.192. The van der Waals surface area contributed by atoms with Gasteiger partial charge in [-0.2, -0.15) is 0 Å². The highest BCUT2D eigenvalue weighted by Gasteiger charge is 2.70. The van der Waals surface area contributed by atoms with Gasteiger partial charge in [-0.05, 0) is 35.9 Å². The Morgan fingerprint density at radius 3 is 2.21 bits per heavy atom. The molecule has 2 saturated heterocycles. The van der Waals surface area contributed by atoms with Crippen LogP contribution in [0.3, 0.4) is 0 Å². The molecule has 0 spiro atoms. The van der Waals surface area contributed by atoms with Crippen molar-refractivity contribution in [2.45, 2.75) is 11.6 Å². The quantitative estimate of drug-likeness (QED) is 0.475. The molecule has 172 valence electrons. The first-order chi connectivity index (χ1) is 16.4. The Morgan fingerprint density at radius 2 is 1.56 bits per heavy atom. The van der Waals surface area contributed by atoms with E-state index in [1.165, 1.54) is 37.4 Å². The predicted molar refractivity (Wildman–Crippen MR) is 118 cm³/mol. The Balaban J connectivity index is 1.74. The molecule has 5 rings (SSSR count). The summed E-state index contributed by atoms with van der Waals surface area (Å²) in [6.45, 7) is 0. The molecule has 0 bridgehead atoms. The molecule has 3 aromatic carbocycles. The third kappa shape index (κ3) is 3.06. The number of halogens is 2. The largest absolute Gasteiger partial charge is 0.467 e. The van der Waals surface area contributed by atoms with Gasteiger partial charge in [0.05, 0.1) is 24.6 Å². The second kappa shape index (κ2) is 8.14. The van der Waals surface area contributed by atoms with Gasteiger partial charge in [0.25, 0.3) is 0 Å². The summed E-state index contributed by atoms with van der Waals surface area (Å²) < 4.78 is 33.6. The molecule has 0 aromatic heterocycles. The molecule has 34 heavy (non-hydrogen) atoms. The number of hydrogen-bond donors (Lipinski definition) is 1. The Morgan fingerprint density at radius 1 is 0.912 bits per heavy atom. The van der Waals surface area contributed by atoms with Gasteiger partial charge in [0.15, 0.2) is 5.54 Å². The Hall–Kier alpha value is -3.91. The molecule has 0 saturated carbocycles. The van der Waals surface area contributed by atoms with Crippen molar-refractivity contribution in [1.29, 1.82) is 0 Å². The molecule has 2 aliphatic rings. The number of methoxy groups -OCH3 is 1. The summed E-state index contributed by atoms with van der Waals surface area (Å²) in [5.74, 6) is -5.45. The van der Waals surface area contributed by atoms with E-state index in [9.17, 15) is 23.2 Å². The zero-order valence-electron chi connectivity index (χ0n) is 18.1. The lowest BCUT2D eigenvalue weighted by Crippen LogP contribution is -2.53. The zero-order chi connectivity index (χ0) is 24.0. The normalized spacial score (nSPS) is 26.0. The number of benzene rings is 3. The number of ether oxygens (including phenoxy) is 1. The number of esters is 1. The molecular formula is C26H20F2N2O4. The van der Waals surface area contributed by atoms with Crippen LogP contribution in [0.25, 0.3) is 0 Å². The van der Waals surface area contributed by atoms with Crippen molar-refractivity contribution >= 4 is 23.5 Å². The Bertz CT molecular complexity index is 1280. The van der Waals surface area contributed by atoms with E-state index in [0.717, 1.165) is 17.0 Å². The van der Waals surface area contributed by atoms with Gasteiger partial charge in [0.2, 0.25) is 11.8 Å². The number of anilines is 1. The number of rotatable bonds is 4. The van der Waals surface area contributed by atoms with Crippen LogP contribution >= 0.6 is 0 Å². The van der Waals surface area contributed by atoms with E-state index < -0.39 is 52.8 Å². The van der Waals surface area contributed by atoms with Crippen LogP contribution in [0.4, 0.5) is 14.5 Å². The summed E-state index contributed by atoms with van der Waals surface area (Å²) >= 11 is 0. The number of nitrogens with one attached hydrogen (secondary N) is 1. The summed E-state index contributed by atoms with van der Waals surface area (Å²) in [5, 5.41) is 3.13. The SMILES string of the molecule is COC(=O)C1(c2ccccc2)NC(c2ccccc2F)C2C(=O)N(c3ccc(F)cc3)C(=O)C21. The predicted octanol–water partition coefficient (Wildman–Crippen LogP) is 3.48. The molecule has 2 fully saturated rings. The van der Waals surface area contributed by atoms with Crippen molar-refractivity contribution in [3.05, 3.63) is 102 Å². The van der Waals surface area contributed by atoms with Gasteiger partial charge in [-0.1, -0.05) is 48.5 Å². The molecule has 0 aliphatic carbocycles. The molecule has 2 aliphatic heterocycles. The topological polar surface area (TPSA) is 75.7 Å². The lowest BCUT2D eigenvalue weighted by atomic mass is 9.75. The number of carbonyl (C=O) groups excluding carboxylic acids is 3. The molecule has 4 atom stereocenters. The zero-order valence-corrected chi connectivity index (χ0v) is 18.1. The fourth-order valence-corrected chi connectivity index (χ4v) is 5.18. The Labute approximate surface area is 194 Å². The molecule has 2 amide bonds. The first-order valence-corrected chi connectivity index (χ1v) is 10.7. The third-order valence-electron chi connectivity index (χ3n) is 6.62. The minimum atomic E-state index is -1.74. The molecular weight excluding hydrogens is 442 g/mol. The van der Waals surface area contributed by atoms with Gasteiger partial charge in [0.1, 0.15) is 11.6 Å². The highest BCUT2D eigenvalue weighted by atomic mass is 19.1. The third-order valence-corrected chi connectivity index (χ3v) is 6.62. The van der Waals surface area contributed by atoms with Gasteiger partial charge in [-0.3, -0.25) is 14.9 Å². The number of hydrogen-bond acceptors (Lipinski definition) is 5. The van der Waals surface area contributed by atoms with Crippen LogP contribution in [0.15, 0.2) is 78.9 Å². The van der Waals surface area contributed by atoms with Gasteiger partial charge < -0.3 is 4.74 Å². The number of nitrogens with zero attached hydrogens (tertiary/aromatic N) is 1. The van der Waals surface area contributed by atoms with E-state index in [4.69, 9.17) is 4.74 Å². The van der Waals surface area contributed by atoms with Gasteiger partial charge >= 0.3 is 5.97 Å². The maximum absolute atomic E-state index is 14.9. The molecule has 2 heterocycles. The lowest BCUT2D eigenvalue weighted by molar-refractivity contribution is -0.152. The van der Waals surface area contributed by atoms with Crippen LogP contribution in [0, 0.1) is 23.5 Å². The molecule has 0 radical (unpaired) electrons. The first-order valence-electron chi connectivity index (χ1n) is 10.7.